The number of allylic oxidation sites excluding steroid dienone is 6. The molecule has 1 N–H and O–H groups in total. The fourth-order valence-corrected chi connectivity index (χ4v) is 9.41. The molecule has 16 heteroatoms. The predicted molar refractivity (Wildman–Crippen MR) is 238 cm³/mol. The number of anilines is 1. The third kappa shape index (κ3) is 12.7. The SMILES string of the molecule is CCOC(=O)CCCCCC1(C)C(/C=C/C=C/C=C2\N(CCC(OCC)OCC)c3ccc(S(=O)(=O)[O-])cc3C2(C)C)=[N+](CCC(OCC)OCC)c2ccc(S(=O)(=O)O)cc21. The van der Waals surface area contributed by atoms with E-state index in [4.69, 9.17) is 23.7 Å². The van der Waals surface area contributed by atoms with Gasteiger partial charge in [-0.15, -0.1) is 0 Å². The van der Waals surface area contributed by atoms with E-state index in [9.17, 15) is 30.7 Å². The largest absolute Gasteiger partial charge is 0.744 e. The van der Waals surface area contributed by atoms with Crippen molar-refractivity contribution in [1.29, 1.82) is 0 Å². The predicted octanol–water partition coefficient (Wildman–Crippen LogP) is 8.08. The van der Waals surface area contributed by atoms with Crippen molar-refractivity contribution in [3.05, 3.63) is 83.6 Å². The minimum atomic E-state index is -4.69. The normalized spacial score (nSPS) is 18.3. The summed E-state index contributed by atoms with van der Waals surface area (Å²) in [5.74, 6) is -0.239. The summed E-state index contributed by atoms with van der Waals surface area (Å²) in [6.07, 6.45) is 12.9. The molecule has 2 aromatic carbocycles. The first-order valence-corrected chi connectivity index (χ1v) is 24.5. The molecular formula is C46H66N2O12S2. The lowest BCUT2D eigenvalue weighted by atomic mass is 9.75. The molecule has 0 aromatic heterocycles. The Hall–Kier alpha value is -3.74. The third-order valence-electron chi connectivity index (χ3n) is 11.3. The molecule has 14 nitrogen and oxygen atoms in total. The van der Waals surface area contributed by atoms with Crippen molar-refractivity contribution >= 4 is 43.3 Å². The summed E-state index contributed by atoms with van der Waals surface area (Å²) in [5, 5.41) is 0. The van der Waals surface area contributed by atoms with Gasteiger partial charge in [-0.2, -0.15) is 13.0 Å². The molecule has 2 heterocycles. The Kier molecular flexibility index (Phi) is 18.7. The number of hydrogen-bond donors (Lipinski definition) is 1. The molecule has 0 radical (unpaired) electrons. The van der Waals surface area contributed by atoms with Gasteiger partial charge in [0.25, 0.3) is 10.1 Å². The smallest absolute Gasteiger partial charge is 0.305 e. The highest BCUT2D eigenvalue weighted by Crippen LogP contribution is 2.49. The van der Waals surface area contributed by atoms with E-state index in [-0.39, 0.29) is 15.8 Å². The van der Waals surface area contributed by atoms with Crippen molar-refractivity contribution in [3.8, 4) is 0 Å². The average Bonchev–Trinajstić information content (AvgIpc) is 3.57. The molecule has 1 atom stereocenters. The molecule has 2 aromatic rings. The second kappa shape index (κ2) is 22.7. The highest BCUT2D eigenvalue weighted by molar-refractivity contribution is 7.86. The maximum Gasteiger partial charge on any atom is 0.305 e. The number of nitrogens with zero attached hydrogens (tertiary/aromatic N) is 2. The zero-order valence-corrected chi connectivity index (χ0v) is 39.2. The van der Waals surface area contributed by atoms with Crippen LogP contribution >= 0.6 is 0 Å². The maximum absolute atomic E-state index is 12.4. The lowest BCUT2D eigenvalue weighted by Gasteiger charge is -2.28. The van der Waals surface area contributed by atoms with E-state index in [1.165, 1.54) is 18.2 Å². The minimum absolute atomic E-state index is 0.193. The van der Waals surface area contributed by atoms with E-state index in [0.29, 0.717) is 83.8 Å². The van der Waals surface area contributed by atoms with E-state index in [1.54, 1.807) is 25.1 Å². The van der Waals surface area contributed by atoms with Gasteiger partial charge < -0.3 is 33.1 Å². The standard InChI is InChI=1S/C46H66N2O12S2/c1-9-56-42(49)22-18-15-19-29-46(8)37-33-35(62(53,54)55)24-26-39(37)48(31-28-44(59-12-4)60-13-5)41(46)21-17-14-16-20-40-45(6,7)36-32-34(61(50,51)52)23-25-38(36)47(40)30-27-43(57-10-2)58-11-3/h14,16-17,20-21,23-26,32-33,43-44H,9-13,15,18-19,22,27-31H2,1-8H3,(H-,50,51,52,53,54,55). The molecule has 0 spiro atoms. The van der Waals surface area contributed by atoms with Gasteiger partial charge in [-0.05, 0) is 96.4 Å². The molecule has 0 aliphatic carbocycles. The second-order valence-corrected chi connectivity index (χ2v) is 18.7. The zero-order valence-electron chi connectivity index (χ0n) is 37.6. The van der Waals surface area contributed by atoms with Crippen molar-refractivity contribution in [2.24, 2.45) is 0 Å². The highest BCUT2D eigenvalue weighted by atomic mass is 32.2. The summed E-state index contributed by atoms with van der Waals surface area (Å²) in [6.45, 7) is 18.7. The van der Waals surface area contributed by atoms with Gasteiger partial charge in [-0.25, -0.2) is 8.42 Å². The summed E-state index contributed by atoms with van der Waals surface area (Å²) in [4.78, 5) is 13.7. The Balaban J connectivity index is 1.77. The van der Waals surface area contributed by atoms with E-state index in [2.05, 4.69) is 16.4 Å². The molecule has 0 saturated carbocycles. The number of rotatable bonds is 26. The van der Waals surface area contributed by atoms with Crippen LogP contribution in [0.15, 0.2) is 82.3 Å². The highest BCUT2D eigenvalue weighted by Gasteiger charge is 2.48. The Morgan fingerprint density at radius 2 is 1.40 bits per heavy atom. The van der Waals surface area contributed by atoms with Crippen molar-refractivity contribution in [2.45, 2.75) is 134 Å². The van der Waals surface area contributed by atoms with Gasteiger partial charge in [0.2, 0.25) is 5.69 Å². The summed E-state index contributed by atoms with van der Waals surface area (Å²) in [6, 6.07) is 9.19. The maximum atomic E-state index is 12.4. The number of carbonyl (C=O) groups is 1. The molecule has 2 aliphatic heterocycles. The van der Waals surface area contributed by atoms with Crippen LogP contribution in [-0.2, 0) is 59.5 Å². The molecule has 2 aliphatic rings. The molecule has 0 saturated heterocycles. The Morgan fingerprint density at radius 3 is 2.00 bits per heavy atom. The van der Waals surface area contributed by atoms with Crippen LogP contribution in [0.2, 0.25) is 0 Å². The van der Waals surface area contributed by atoms with Crippen LogP contribution in [0.4, 0.5) is 11.4 Å². The molecule has 344 valence electrons. The third-order valence-corrected chi connectivity index (χ3v) is 13.0. The monoisotopic (exact) mass is 902 g/mol. The van der Waals surface area contributed by atoms with Crippen LogP contribution in [0.1, 0.15) is 111 Å². The lowest BCUT2D eigenvalue weighted by molar-refractivity contribution is -0.443. The zero-order chi connectivity index (χ0) is 45.7. The number of carbonyl (C=O) groups excluding carboxylic acids is 1. The summed E-state index contributed by atoms with van der Waals surface area (Å²) in [5.41, 5.74) is 3.49. The van der Waals surface area contributed by atoms with Gasteiger partial charge in [-0.1, -0.05) is 44.9 Å². The van der Waals surface area contributed by atoms with Crippen LogP contribution in [0, 0.1) is 0 Å². The van der Waals surface area contributed by atoms with Gasteiger partial charge in [0.15, 0.2) is 24.8 Å². The summed E-state index contributed by atoms with van der Waals surface area (Å²) >= 11 is 0. The number of hydrogen-bond acceptors (Lipinski definition) is 12. The van der Waals surface area contributed by atoms with Gasteiger partial charge in [0.05, 0.1) is 28.2 Å². The first-order valence-electron chi connectivity index (χ1n) is 21.7. The van der Waals surface area contributed by atoms with Crippen molar-refractivity contribution in [2.75, 3.05) is 51.0 Å². The van der Waals surface area contributed by atoms with E-state index in [0.717, 1.165) is 41.2 Å². The van der Waals surface area contributed by atoms with E-state index >= 15 is 0 Å². The number of ether oxygens (including phenoxy) is 5. The first-order chi connectivity index (χ1) is 29.4. The van der Waals surface area contributed by atoms with Crippen molar-refractivity contribution < 1.29 is 59.0 Å². The molecule has 4 rings (SSSR count). The van der Waals surface area contributed by atoms with Crippen LogP contribution in [-0.4, -0.2) is 101 Å². The van der Waals surface area contributed by atoms with Gasteiger partial charge in [0, 0.05) is 80.3 Å². The summed E-state index contributed by atoms with van der Waals surface area (Å²) < 4.78 is 102. The van der Waals surface area contributed by atoms with Crippen molar-refractivity contribution in [3.63, 3.8) is 0 Å². The molecule has 0 bridgehead atoms. The molecular weight excluding hydrogens is 837 g/mol. The molecule has 1 unspecified atom stereocenters. The topological polar surface area (TPSA) is 181 Å². The second-order valence-electron chi connectivity index (χ2n) is 15.9. The minimum Gasteiger partial charge on any atom is -0.744 e. The number of benzene rings is 2. The van der Waals surface area contributed by atoms with Gasteiger partial charge in [0.1, 0.15) is 10.1 Å². The van der Waals surface area contributed by atoms with Gasteiger partial charge in [-0.3, -0.25) is 9.35 Å². The number of fused-ring (bicyclic) bond motifs is 2. The number of unbranched alkanes of at least 4 members (excludes halogenated alkanes) is 2. The Bertz CT molecular complexity index is 2190. The molecule has 0 amide bonds. The van der Waals surface area contributed by atoms with Crippen LogP contribution in [0.25, 0.3) is 0 Å². The van der Waals surface area contributed by atoms with Crippen LogP contribution in [0.3, 0.4) is 0 Å². The fraction of sp³-hybridized carbons (Fsp3) is 0.565. The Morgan fingerprint density at radius 1 is 0.790 bits per heavy atom. The molecule has 0 fully saturated rings. The van der Waals surface area contributed by atoms with E-state index < -0.39 is 43.6 Å². The average molecular weight is 903 g/mol. The quantitative estimate of drug-likeness (QED) is 0.0239. The fourth-order valence-electron chi connectivity index (χ4n) is 8.40. The molecule has 62 heavy (non-hydrogen) atoms. The Labute approximate surface area is 369 Å². The number of esters is 1. The van der Waals surface area contributed by atoms with Crippen LogP contribution < -0.4 is 4.90 Å². The first kappa shape index (κ1) is 50.9. The van der Waals surface area contributed by atoms with Crippen molar-refractivity contribution in [1.82, 2.24) is 0 Å². The summed E-state index contributed by atoms with van der Waals surface area (Å²) in [7, 11) is -9.19. The van der Waals surface area contributed by atoms with Gasteiger partial charge >= 0.3 is 5.97 Å². The van der Waals surface area contributed by atoms with E-state index in [1.807, 2.05) is 71.9 Å². The lowest BCUT2D eigenvalue weighted by Crippen LogP contribution is -2.32. The van der Waals surface area contributed by atoms with Crippen LogP contribution in [0.5, 0.6) is 0 Å².